The molecule has 2 atom stereocenters. The lowest BCUT2D eigenvalue weighted by atomic mass is 9.91. The first-order valence-corrected chi connectivity index (χ1v) is 10.5. The van der Waals surface area contributed by atoms with Crippen LogP contribution in [-0.2, 0) is 10.2 Å². The topological polar surface area (TPSA) is 88.6 Å². The Bertz CT molecular complexity index is 963. The third-order valence-electron chi connectivity index (χ3n) is 6.04. The van der Waals surface area contributed by atoms with E-state index in [1.54, 1.807) is 7.05 Å². The van der Waals surface area contributed by atoms with Gasteiger partial charge in [-0.25, -0.2) is 14.8 Å². The normalized spacial score (nSPS) is 23.6. The van der Waals surface area contributed by atoms with Gasteiger partial charge in [-0.05, 0) is 37.1 Å². The van der Waals surface area contributed by atoms with E-state index in [1.807, 2.05) is 24.3 Å². The van der Waals surface area contributed by atoms with Crippen LogP contribution in [0.5, 0.6) is 5.75 Å². The summed E-state index contributed by atoms with van der Waals surface area (Å²) < 4.78 is 12.1. The zero-order valence-corrected chi connectivity index (χ0v) is 17.6. The average Bonchev–Trinajstić information content (AvgIpc) is 3.25. The summed E-state index contributed by atoms with van der Waals surface area (Å²) in [6.07, 6.45) is 2.74. The van der Waals surface area contributed by atoms with Crippen molar-refractivity contribution in [3.8, 4) is 17.1 Å². The molecule has 2 fully saturated rings. The van der Waals surface area contributed by atoms with Crippen molar-refractivity contribution in [2.75, 3.05) is 37.0 Å². The third kappa shape index (κ3) is 3.35. The fourth-order valence-electron chi connectivity index (χ4n) is 4.38. The molecule has 3 aliphatic rings. The van der Waals surface area contributed by atoms with Crippen LogP contribution in [0.1, 0.15) is 32.4 Å². The van der Waals surface area contributed by atoms with Gasteiger partial charge in [-0.3, -0.25) is 0 Å². The number of carbonyl (C=O) groups is 1. The van der Waals surface area contributed by atoms with E-state index in [-0.39, 0.29) is 23.7 Å². The van der Waals surface area contributed by atoms with Gasteiger partial charge in [-0.1, -0.05) is 13.8 Å². The van der Waals surface area contributed by atoms with E-state index in [0.29, 0.717) is 18.1 Å². The molecule has 8 nitrogen and oxygen atoms in total. The van der Waals surface area contributed by atoms with E-state index in [2.05, 4.69) is 29.4 Å². The number of morpholine rings is 1. The molecule has 2 amide bonds. The van der Waals surface area contributed by atoms with E-state index in [9.17, 15) is 4.79 Å². The van der Waals surface area contributed by atoms with Crippen molar-refractivity contribution in [1.82, 2.24) is 15.3 Å². The summed E-state index contributed by atoms with van der Waals surface area (Å²) in [7, 11) is 1.59. The summed E-state index contributed by atoms with van der Waals surface area (Å²) in [6.45, 7) is 6.56. The van der Waals surface area contributed by atoms with Gasteiger partial charge in [-0.15, -0.1) is 0 Å². The van der Waals surface area contributed by atoms with Crippen molar-refractivity contribution in [2.24, 2.45) is 0 Å². The molecule has 1 aromatic heterocycles. The Labute approximate surface area is 176 Å². The number of fused-ring (bicyclic) bond motifs is 3. The van der Waals surface area contributed by atoms with Gasteiger partial charge in [-0.2, -0.15) is 0 Å². The molecule has 8 heteroatoms. The van der Waals surface area contributed by atoms with Crippen LogP contribution < -0.4 is 20.3 Å². The molecule has 0 radical (unpaired) electrons. The molecule has 2 bridgehead atoms. The van der Waals surface area contributed by atoms with Crippen molar-refractivity contribution in [2.45, 2.75) is 44.3 Å². The van der Waals surface area contributed by atoms with Gasteiger partial charge in [0.1, 0.15) is 0 Å². The number of hydrogen-bond donors (Lipinski definition) is 2. The Morgan fingerprint density at radius 3 is 2.50 bits per heavy atom. The van der Waals surface area contributed by atoms with Crippen LogP contribution in [0.4, 0.5) is 16.3 Å². The maximum atomic E-state index is 11.5. The number of hydrogen-bond acceptors (Lipinski definition) is 6. The second kappa shape index (κ2) is 7.12. The van der Waals surface area contributed by atoms with Crippen LogP contribution in [0.15, 0.2) is 24.3 Å². The molecule has 2 saturated heterocycles. The van der Waals surface area contributed by atoms with Gasteiger partial charge >= 0.3 is 6.03 Å². The van der Waals surface area contributed by atoms with Gasteiger partial charge in [0.15, 0.2) is 17.4 Å². The van der Waals surface area contributed by atoms with Crippen LogP contribution in [0.25, 0.3) is 11.4 Å². The molecule has 2 unspecified atom stereocenters. The van der Waals surface area contributed by atoms with E-state index in [0.717, 1.165) is 48.8 Å². The molecular weight excluding hydrogens is 382 g/mol. The van der Waals surface area contributed by atoms with Crippen molar-refractivity contribution in [1.29, 1.82) is 0 Å². The van der Waals surface area contributed by atoms with E-state index in [1.165, 1.54) is 0 Å². The van der Waals surface area contributed by atoms with Crippen molar-refractivity contribution >= 4 is 17.5 Å². The highest BCUT2D eigenvalue weighted by atomic mass is 16.5. The van der Waals surface area contributed by atoms with Gasteiger partial charge < -0.3 is 25.0 Å². The van der Waals surface area contributed by atoms with Crippen molar-refractivity contribution in [3.05, 3.63) is 30.0 Å². The minimum Gasteiger partial charge on any atom is -0.487 e. The summed E-state index contributed by atoms with van der Waals surface area (Å²) in [5.74, 6) is 2.35. The quantitative estimate of drug-likeness (QED) is 0.810. The third-order valence-corrected chi connectivity index (χ3v) is 6.04. The van der Waals surface area contributed by atoms with Gasteiger partial charge in [0.2, 0.25) is 0 Å². The molecule has 158 valence electrons. The lowest BCUT2D eigenvalue weighted by Crippen LogP contribution is -2.43. The number of nitrogens with one attached hydrogen (secondary N) is 2. The minimum atomic E-state index is -0.250. The second-order valence-corrected chi connectivity index (χ2v) is 8.87. The number of amides is 2. The molecule has 0 aliphatic carbocycles. The van der Waals surface area contributed by atoms with Gasteiger partial charge in [0.25, 0.3) is 0 Å². The Hall–Kier alpha value is -2.87. The fourth-order valence-corrected chi connectivity index (χ4v) is 4.38. The largest absolute Gasteiger partial charge is 0.487 e. The number of nitrogens with zero attached hydrogens (tertiary/aromatic N) is 3. The summed E-state index contributed by atoms with van der Waals surface area (Å²) in [5.41, 5.74) is 2.40. The highest BCUT2D eigenvalue weighted by Crippen LogP contribution is 2.44. The number of anilines is 2. The van der Waals surface area contributed by atoms with Crippen molar-refractivity contribution < 1.29 is 14.3 Å². The van der Waals surface area contributed by atoms with Crippen LogP contribution in [0.3, 0.4) is 0 Å². The molecule has 2 N–H and O–H groups in total. The SMILES string of the molecule is CNC(=O)Nc1ccc(-c2nc(N3CC4CCC(C3)O4)c3c(n2)C(C)(C)CO3)cc1. The zero-order valence-electron chi connectivity index (χ0n) is 17.6. The number of urea groups is 1. The summed E-state index contributed by atoms with van der Waals surface area (Å²) in [5, 5.41) is 5.32. The lowest BCUT2D eigenvalue weighted by molar-refractivity contribution is 0.0300. The molecule has 1 aromatic carbocycles. The monoisotopic (exact) mass is 409 g/mol. The highest BCUT2D eigenvalue weighted by Gasteiger charge is 2.41. The summed E-state index contributed by atoms with van der Waals surface area (Å²) >= 11 is 0. The first-order valence-electron chi connectivity index (χ1n) is 10.5. The standard InChI is InChI=1S/C22H27N5O3/c1-22(2)12-29-17-18(22)25-19(13-4-6-14(7-5-13)24-21(28)23-3)26-20(17)27-10-15-8-9-16(11-27)30-15/h4-7,15-16H,8-12H2,1-3H3,(H2,23,24,28). The Balaban J connectivity index is 1.52. The van der Waals surface area contributed by atoms with Crippen LogP contribution >= 0.6 is 0 Å². The maximum Gasteiger partial charge on any atom is 0.318 e. The smallest absolute Gasteiger partial charge is 0.318 e. The first-order chi connectivity index (χ1) is 14.4. The zero-order chi connectivity index (χ0) is 20.9. The molecule has 3 aliphatic heterocycles. The molecule has 5 rings (SSSR count). The fraction of sp³-hybridized carbons (Fsp3) is 0.500. The number of ether oxygens (including phenoxy) is 2. The maximum absolute atomic E-state index is 11.5. The Kier molecular flexibility index (Phi) is 4.54. The number of carbonyl (C=O) groups excluding carboxylic acids is 1. The Morgan fingerprint density at radius 1 is 1.13 bits per heavy atom. The Morgan fingerprint density at radius 2 is 1.83 bits per heavy atom. The highest BCUT2D eigenvalue weighted by molar-refractivity contribution is 5.89. The van der Waals surface area contributed by atoms with Gasteiger partial charge in [0.05, 0.1) is 24.5 Å². The summed E-state index contributed by atoms with van der Waals surface area (Å²) in [6, 6.07) is 7.33. The van der Waals surface area contributed by atoms with Crippen molar-refractivity contribution in [3.63, 3.8) is 0 Å². The van der Waals surface area contributed by atoms with Gasteiger partial charge in [0, 0.05) is 36.8 Å². The lowest BCUT2D eigenvalue weighted by Gasteiger charge is -2.33. The van der Waals surface area contributed by atoms with E-state index in [4.69, 9.17) is 19.4 Å². The predicted octanol–water partition coefficient (Wildman–Crippen LogP) is 2.93. The molecule has 0 saturated carbocycles. The predicted molar refractivity (Wildman–Crippen MR) is 114 cm³/mol. The molecular formula is C22H27N5O3. The number of benzene rings is 1. The minimum absolute atomic E-state index is 0.173. The average molecular weight is 409 g/mol. The number of aromatic nitrogens is 2. The molecule has 0 spiro atoms. The molecule has 30 heavy (non-hydrogen) atoms. The second-order valence-electron chi connectivity index (χ2n) is 8.87. The van der Waals surface area contributed by atoms with Crippen LogP contribution in [-0.4, -0.2) is 55.0 Å². The number of rotatable bonds is 3. The van der Waals surface area contributed by atoms with E-state index < -0.39 is 0 Å². The first kappa shape index (κ1) is 19.1. The molecule has 2 aromatic rings. The summed E-state index contributed by atoms with van der Waals surface area (Å²) in [4.78, 5) is 23.7. The molecule has 4 heterocycles. The van der Waals surface area contributed by atoms with E-state index >= 15 is 0 Å². The van der Waals surface area contributed by atoms with Crippen LogP contribution in [0.2, 0.25) is 0 Å². The van der Waals surface area contributed by atoms with Crippen LogP contribution in [0, 0.1) is 0 Å².